The molecule has 0 aliphatic rings. The van der Waals surface area contributed by atoms with E-state index in [9.17, 15) is 13.2 Å². The van der Waals surface area contributed by atoms with Crippen molar-refractivity contribution in [1.29, 1.82) is 0 Å². The first-order chi connectivity index (χ1) is 10.9. The molecule has 0 amide bonds. The summed E-state index contributed by atoms with van der Waals surface area (Å²) in [5.74, 6) is 0.635. The van der Waals surface area contributed by atoms with Crippen molar-refractivity contribution in [3.63, 3.8) is 0 Å². The van der Waals surface area contributed by atoms with Gasteiger partial charge in [0.15, 0.2) is 0 Å². The van der Waals surface area contributed by atoms with Gasteiger partial charge in [-0.1, -0.05) is 41.7 Å². The monoisotopic (exact) mass is 347 g/mol. The highest BCUT2D eigenvalue weighted by molar-refractivity contribution is 7.89. The summed E-state index contributed by atoms with van der Waals surface area (Å²) >= 11 is 0.872. The van der Waals surface area contributed by atoms with Crippen LogP contribution in [0.2, 0.25) is 0 Å². The second-order valence-electron chi connectivity index (χ2n) is 4.86. The lowest BCUT2D eigenvalue weighted by Gasteiger charge is -2.11. The minimum atomic E-state index is -4.15. The first-order valence-corrected chi connectivity index (χ1v) is 9.01. The molecule has 1 aromatic heterocycles. The van der Waals surface area contributed by atoms with E-state index in [1.165, 1.54) is 0 Å². The van der Waals surface area contributed by atoms with Gasteiger partial charge >= 0.3 is 0 Å². The van der Waals surface area contributed by atoms with Crippen LogP contribution in [-0.2, 0) is 10.0 Å². The molecule has 0 saturated carbocycles. The van der Waals surface area contributed by atoms with Crippen molar-refractivity contribution in [2.24, 2.45) is 5.14 Å². The molecule has 0 saturated heterocycles. The van der Waals surface area contributed by atoms with Crippen molar-refractivity contribution < 1.29 is 13.2 Å². The molecule has 23 heavy (non-hydrogen) atoms. The maximum atomic E-state index is 12.3. The molecule has 5 nitrogen and oxygen atoms in total. The van der Waals surface area contributed by atoms with Crippen LogP contribution < -0.4 is 14.6 Å². The first kappa shape index (κ1) is 15.7. The summed E-state index contributed by atoms with van der Waals surface area (Å²) in [6, 6.07) is 14.0. The molecule has 118 valence electrons. The normalized spacial score (nSPS) is 11.6. The number of methoxy groups -OCH3 is 1. The quantitative estimate of drug-likeness (QED) is 0.789. The Hall–Kier alpha value is -2.22. The zero-order valence-electron chi connectivity index (χ0n) is 12.1. The van der Waals surface area contributed by atoms with Crippen LogP contribution in [-0.4, -0.2) is 15.5 Å². The average Bonchev–Trinajstić information content (AvgIpc) is 2.52. The van der Waals surface area contributed by atoms with E-state index in [0.717, 1.165) is 11.3 Å². The molecule has 0 unspecified atom stereocenters. The summed E-state index contributed by atoms with van der Waals surface area (Å²) in [6.45, 7) is 0. The molecule has 1 heterocycles. The number of hydrogen-bond acceptors (Lipinski definition) is 5. The first-order valence-electron chi connectivity index (χ1n) is 6.65. The van der Waals surface area contributed by atoms with Crippen molar-refractivity contribution in [2.75, 3.05) is 7.11 Å². The Bertz CT molecular complexity index is 1040. The summed E-state index contributed by atoms with van der Waals surface area (Å²) in [5.41, 5.74) is 0.922. The predicted octanol–water partition coefficient (Wildman–Crippen LogP) is 2.58. The molecule has 3 rings (SSSR count). The molecule has 0 aliphatic heterocycles. The van der Waals surface area contributed by atoms with E-state index >= 15 is 0 Å². The molecule has 7 heteroatoms. The molecule has 2 aromatic carbocycles. The molecule has 0 radical (unpaired) electrons. The summed E-state index contributed by atoms with van der Waals surface area (Å²) < 4.78 is 29.2. The predicted molar refractivity (Wildman–Crippen MR) is 91.5 cm³/mol. The SMILES string of the molecule is COc1ccc(-c2c(S(N)(=O)=O)c(=O)sc3ccccc23)cc1. The molecule has 0 aliphatic carbocycles. The zero-order valence-corrected chi connectivity index (χ0v) is 13.8. The van der Waals surface area contributed by atoms with E-state index in [-0.39, 0.29) is 4.90 Å². The Morgan fingerprint density at radius 3 is 2.30 bits per heavy atom. The Labute approximate surface area is 137 Å². The van der Waals surface area contributed by atoms with Crippen LogP contribution >= 0.6 is 11.3 Å². The fourth-order valence-corrected chi connectivity index (χ4v) is 4.47. The van der Waals surface area contributed by atoms with Crippen LogP contribution in [0.5, 0.6) is 5.75 Å². The van der Waals surface area contributed by atoms with Gasteiger partial charge in [0.2, 0.25) is 10.0 Å². The number of sulfonamides is 1. The minimum Gasteiger partial charge on any atom is -0.497 e. The Morgan fingerprint density at radius 2 is 1.70 bits per heavy atom. The number of nitrogens with two attached hydrogens (primary N) is 1. The van der Waals surface area contributed by atoms with E-state index in [0.29, 0.717) is 27.0 Å². The number of rotatable bonds is 3. The number of benzene rings is 2. The molecule has 0 atom stereocenters. The topological polar surface area (TPSA) is 86.5 Å². The summed E-state index contributed by atoms with van der Waals surface area (Å²) in [4.78, 5) is 12.0. The van der Waals surface area contributed by atoms with Crippen molar-refractivity contribution in [1.82, 2.24) is 0 Å². The third-order valence-corrected chi connectivity index (χ3v) is 5.49. The van der Waals surface area contributed by atoms with Crippen molar-refractivity contribution in [2.45, 2.75) is 4.90 Å². The smallest absolute Gasteiger partial charge is 0.253 e. The van der Waals surface area contributed by atoms with E-state index in [2.05, 4.69) is 0 Å². The molecule has 2 N–H and O–H groups in total. The van der Waals surface area contributed by atoms with Crippen LogP contribution in [0.3, 0.4) is 0 Å². The fourth-order valence-electron chi connectivity index (χ4n) is 2.44. The number of hydrogen-bond donors (Lipinski definition) is 1. The van der Waals surface area contributed by atoms with Crippen LogP contribution in [0.1, 0.15) is 0 Å². The van der Waals surface area contributed by atoms with Gasteiger partial charge < -0.3 is 4.74 Å². The molecule has 3 aromatic rings. The van der Waals surface area contributed by atoms with Gasteiger partial charge in [-0.15, -0.1) is 0 Å². The molecular formula is C16H13NO4S2. The molecule has 0 spiro atoms. The van der Waals surface area contributed by atoms with E-state index in [1.54, 1.807) is 55.6 Å². The lowest BCUT2D eigenvalue weighted by atomic mass is 10.0. The number of ether oxygens (including phenoxy) is 1. The van der Waals surface area contributed by atoms with Crippen LogP contribution in [0.15, 0.2) is 58.2 Å². The second kappa shape index (κ2) is 5.77. The third kappa shape index (κ3) is 2.86. The average molecular weight is 347 g/mol. The maximum absolute atomic E-state index is 12.3. The number of fused-ring (bicyclic) bond motifs is 1. The zero-order chi connectivity index (χ0) is 16.6. The van der Waals surface area contributed by atoms with Gasteiger partial charge in [-0.2, -0.15) is 0 Å². The van der Waals surface area contributed by atoms with Crippen molar-refractivity contribution in [3.8, 4) is 16.9 Å². The lowest BCUT2D eigenvalue weighted by molar-refractivity contribution is 0.415. The van der Waals surface area contributed by atoms with Gasteiger partial charge in [0.1, 0.15) is 10.6 Å². The Kier molecular flexibility index (Phi) is 3.93. The highest BCUT2D eigenvalue weighted by Crippen LogP contribution is 2.34. The Morgan fingerprint density at radius 1 is 1.04 bits per heavy atom. The van der Waals surface area contributed by atoms with Crippen LogP contribution in [0.4, 0.5) is 0 Å². The molecule has 0 bridgehead atoms. The number of primary sulfonamides is 1. The maximum Gasteiger partial charge on any atom is 0.253 e. The van der Waals surface area contributed by atoms with E-state index in [1.807, 2.05) is 0 Å². The standard InChI is InChI=1S/C16H13NO4S2/c1-21-11-8-6-10(7-9-11)14-12-4-2-3-5-13(12)22-16(18)15(14)23(17,19)20/h2-9H,1H3,(H2,17,19,20). The van der Waals surface area contributed by atoms with Gasteiger partial charge in [0, 0.05) is 15.6 Å². The summed E-state index contributed by atoms with van der Waals surface area (Å²) in [5, 5.41) is 5.97. The van der Waals surface area contributed by atoms with Crippen molar-refractivity contribution >= 4 is 31.4 Å². The van der Waals surface area contributed by atoms with Gasteiger partial charge in [0.05, 0.1) is 7.11 Å². The van der Waals surface area contributed by atoms with Crippen molar-refractivity contribution in [3.05, 3.63) is 58.1 Å². The molecule has 0 fully saturated rings. The van der Waals surface area contributed by atoms with Crippen LogP contribution in [0.25, 0.3) is 21.2 Å². The highest BCUT2D eigenvalue weighted by Gasteiger charge is 2.23. The van der Waals surface area contributed by atoms with Crippen LogP contribution in [0, 0.1) is 0 Å². The van der Waals surface area contributed by atoms with Gasteiger partial charge in [0.25, 0.3) is 4.74 Å². The van der Waals surface area contributed by atoms with E-state index < -0.39 is 14.8 Å². The van der Waals surface area contributed by atoms with E-state index in [4.69, 9.17) is 9.88 Å². The third-order valence-electron chi connectivity index (χ3n) is 3.43. The van der Waals surface area contributed by atoms with Gasteiger partial charge in [-0.3, -0.25) is 4.79 Å². The van der Waals surface area contributed by atoms with Gasteiger partial charge in [-0.05, 0) is 23.8 Å². The minimum absolute atomic E-state index is 0.328. The fraction of sp³-hybridized carbons (Fsp3) is 0.0625. The van der Waals surface area contributed by atoms with Gasteiger partial charge in [-0.25, -0.2) is 13.6 Å². The summed E-state index contributed by atoms with van der Waals surface area (Å²) in [6.07, 6.45) is 0. The summed E-state index contributed by atoms with van der Waals surface area (Å²) in [7, 11) is -2.61. The molecular weight excluding hydrogens is 334 g/mol. The largest absolute Gasteiger partial charge is 0.497 e. The Balaban J connectivity index is 2.47. The second-order valence-corrected chi connectivity index (χ2v) is 7.38. The lowest BCUT2D eigenvalue weighted by Crippen LogP contribution is -2.21. The highest BCUT2D eigenvalue weighted by atomic mass is 32.2.